The van der Waals surface area contributed by atoms with Gasteiger partial charge >= 0.3 is 0 Å². The van der Waals surface area contributed by atoms with Crippen LogP contribution in [0.3, 0.4) is 0 Å². The third-order valence-corrected chi connectivity index (χ3v) is 5.44. The summed E-state index contributed by atoms with van der Waals surface area (Å²) in [6.07, 6.45) is 2.59. The number of aromatic nitrogens is 2. The summed E-state index contributed by atoms with van der Waals surface area (Å²) in [5, 5.41) is 2.75. The number of nitrogens with zero attached hydrogens (tertiary/aromatic N) is 3. The molecule has 8 heteroatoms. The summed E-state index contributed by atoms with van der Waals surface area (Å²) in [5.41, 5.74) is 0.885. The van der Waals surface area contributed by atoms with Gasteiger partial charge in [-0.3, -0.25) is 0 Å². The number of hydrogen-bond acceptors (Lipinski definition) is 5. The van der Waals surface area contributed by atoms with Crippen molar-refractivity contribution in [1.82, 2.24) is 14.3 Å². The van der Waals surface area contributed by atoms with Crippen molar-refractivity contribution in [3.63, 3.8) is 0 Å². The second-order valence-electron chi connectivity index (χ2n) is 4.34. The molecule has 0 saturated carbocycles. The molecule has 1 aromatic heterocycles. The number of halogens is 1. The number of hydrogen-bond donors (Lipinski definition) is 1. The topological polar surface area (TPSA) is 75.2 Å². The molecule has 0 aliphatic carbocycles. The average Bonchev–Trinajstić information content (AvgIpc) is 2.49. The Hall–Kier alpha value is -1.51. The molecule has 1 aromatic carbocycles. The van der Waals surface area contributed by atoms with Gasteiger partial charge < -0.3 is 5.32 Å². The molecule has 0 aliphatic heterocycles. The lowest BCUT2D eigenvalue weighted by Crippen LogP contribution is -2.27. The van der Waals surface area contributed by atoms with Crippen LogP contribution in [0.5, 0.6) is 0 Å². The third-order valence-electron chi connectivity index (χ3n) is 2.91. The van der Waals surface area contributed by atoms with E-state index in [4.69, 9.17) is 0 Å². The minimum Gasteiger partial charge on any atom is -0.357 e. The monoisotopic (exact) mass is 370 g/mol. The van der Waals surface area contributed by atoms with E-state index >= 15 is 0 Å². The molecule has 0 unspecified atom stereocenters. The van der Waals surface area contributed by atoms with Crippen LogP contribution < -0.4 is 5.32 Å². The van der Waals surface area contributed by atoms with Crippen LogP contribution in [-0.4, -0.2) is 36.8 Å². The Bertz CT molecular complexity index is 719. The molecule has 2 rings (SSSR count). The van der Waals surface area contributed by atoms with Gasteiger partial charge in [-0.05, 0) is 11.6 Å². The van der Waals surface area contributed by atoms with Gasteiger partial charge in [0.2, 0.25) is 16.0 Å². The molecule has 0 aliphatic rings. The van der Waals surface area contributed by atoms with Crippen molar-refractivity contribution in [2.45, 2.75) is 11.4 Å². The number of benzene rings is 1. The van der Waals surface area contributed by atoms with E-state index in [0.29, 0.717) is 5.95 Å². The number of anilines is 1. The maximum atomic E-state index is 12.5. The number of sulfonamides is 1. The van der Waals surface area contributed by atoms with Gasteiger partial charge in [-0.25, -0.2) is 18.4 Å². The van der Waals surface area contributed by atoms with Crippen LogP contribution in [0.1, 0.15) is 5.56 Å². The lowest BCUT2D eigenvalue weighted by molar-refractivity contribution is 0.465. The Balaban J connectivity index is 2.24. The van der Waals surface area contributed by atoms with Crippen LogP contribution in [0.4, 0.5) is 5.95 Å². The van der Waals surface area contributed by atoms with Gasteiger partial charge in [-0.15, -0.1) is 0 Å². The summed E-state index contributed by atoms with van der Waals surface area (Å²) < 4.78 is 27.1. The molecule has 2 aromatic rings. The van der Waals surface area contributed by atoms with Gasteiger partial charge in [-0.2, -0.15) is 4.31 Å². The van der Waals surface area contributed by atoms with Crippen LogP contribution in [0.15, 0.2) is 46.0 Å². The fraction of sp³-hybridized carbons (Fsp3) is 0.231. The van der Waals surface area contributed by atoms with Crippen LogP contribution in [0.25, 0.3) is 0 Å². The smallest absolute Gasteiger partial charge is 0.246 e. The second-order valence-corrected chi connectivity index (χ2v) is 7.24. The molecule has 112 valence electrons. The first-order valence-corrected chi connectivity index (χ1v) is 8.38. The van der Waals surface area contributed by atoms with E-state index in [1.165, 1.54) is 23.7 Å². The predicted molar refractivity (Wildman–Crippen MR) is 84.4 cm³/mol. The maximum absolute atomic E-state index is 12.5. The highest BCUT2D eigenvalue weighted by Crippen LogP contribution is 2.21. The Morgan fingerprint density at radius 2 is 1.86 bits per heavy atom. The molecule has 6 nitrogen and oxygen atoms in total. The predicted octanol–water partition coefficient (Wildman–Crippen LogP) is 2.10. The van der Waals surface area contributed by atoms with E-state index < -0.39 is 10.0 Å². The molecule has 0 radical (unpaired) electrons. The lowest BCUT2D eigenvalue weighted by Gasteiger charge is -2.17. The van der Waals surface area contributed by atoms with Crippen molar-refractivity contribution in [2.24, 2.45) is 0 Å². The minimum absolute atomic E-state index is 0.0658. The fourth-order valence-electron chi connectivity index (χ4n) is 1.71. The van der Waals surface area contributed by atoms with Gasteiger partial charge in [-0.1, -0.05) is 34.1 Å². The van der Waals surface area contributed by atoms with E-state index in [2.05, 4.69) is 31.2 Å². The molecule has 21 heavy (non-hydrogen) atoms. The van der Waals surface area contributed by atoms with Crippen LogP contribution in [0.2, 0.25) is 0 Å². The molecular formula is C13H15BrN4O2S. The highest BCUT2D eigenvalue weighted by Gasteiger charge is 2.22. The first-order chi connectivity index (χ1) is 9.95. The van der Waals surface area contributed by atoms with Crippen LogP contribution in [0, 0.1) is 0 Å². The Morgan fingerprint density at radius 1 is 1.24 bits per heavy atom. The highest BCUT2D eigenvalue weighted by molar-refractivity contribution is 9.10. The van der Waals surface area contributed by atoms with Crippen molar-refractivity contribution in [3.05, 3.63) is 46.7 Å². The van der Waals surface area contributed by atoms with Gasteiger partial charge in [0.05, 0.1) is 12.4 Å². The Labute approximate surface area is 132 Å². The molecule has 0 fully saturated rings. The van der Waals surface area contributed by atoms with Gasteiger partial charge in [0.15, 0.2) is 0 Å². The van der Waals surface area contributed by atoms with E-state index in [1.54, 1.807) is 7.05 Å². The van der Waals surface area contributed by atoms with E-state index in [1.807, 2.05) is 24.3 Å². The van der Waals surface area contributed by atoms with E-state index in [9.17, 15) is 8.42 Å². The first kappa shape index (κ1) is 15.9. The Kier molecular flexibility index (Phi) is 4.92. The molecule has 0 bridgehead atoms. The summed E-state index contributed by atoms with van der Waals surface area (Å²) in [4.78, 5) is 7.93. The summed E-state index contributed by atoms with van der Waals surface area (Å²) in [6.45, 7) is 0.261. The molecule has 0 saturated heterocycles. The average molecular weight is 371 g/mol. The molecule has 0 atom stereocenters. The van der Waals surface area contributed by atoms with Gasteiger partial charge in [0.25, 0.3) is 0 Å². The molecule has 0 amide bonds. The first-order valence-electron chi connectivity index (χ1n) is 6.14. The van der Waals surface area contributed by atoms with Crippen molar-refractivity contribution < 1.29 is 8.42 Å². The van der Waals surface area contributed by atoms with Crippen LogP contribution in [-0.2, 0) is 16.6 Å². The quantitative estimate of drug-likeness (QED) is 0.871. The van der Waals surface area contributed by atoms with Gasteiger partial charge in [0, 0.05) is 25.1 Å². The van der Waals surface area contributed by atoms with Crippen molar-refractivity contribution in [3.8, 4) is 0 Å². The molecular weight excluding hydrogens is 356 g/mol. The van der Waals surface area contributed by atoms with Crippen molar-refractivity contribution in [1.29, 1.82) is 0 Å². The molecule has 0 spiro atoms. The van der Waals surface area contributed by atoms with Crippen molar-refractivity contribution >= 4 is 31.9 Å². The largest absolute Gasteiger partial charge is 0.357 e. The highest BCUT2D eigenvalue weighted by atomic mass is 79.9. The zero-order chi connectivity index (χ0) is 15.5. The van der Waals surface area contributed by atoms with Crippen molar-refractivity contribution in [2.75, 3.05) is 19.4 Å². The SMILES string of the molecule is CNc1ncc(S(=O)(=O)N(C)Cc2ccccc2Br)cn1. The molecule has 1 N–H and O–H groups in total. The second kappa shape index (κ2) is 6.50. The van der Waals surface area contributed by atoms with E-state index in [0.717, 1.165) is 10.0 Å². The minimum atomic E-state index is -3.62. The normalized spacial score (nSPS) is 11.6. The summed E-state index contributed by atoms with van der Waals surface area (Å²) >= 11 is 3.41. The molecule has 1 heterocycles. The Morgan fingerprint density at radius 3 is 2.43 bits per heavy atom. The number of nitrogens with one attached hydrogen (secondary N) is 1. The fourth-order valence-corrected chi connectivity index (χ4v) is 3.16. The zero-order valence-electron chi connectivity index (χ0n) is 11.6. The summed E-state index contributed by atoms with van der Waals surface area (Å²) in [6, 6.07) is 7.50. The maximum Gasteiger partial charge on any atom is 0.246 e. The van der Waals surface area contributed by atoms with Crippen LogP contribution >= 0.6 is 15.9 Å². The lowest BCUT2D eigenvalue weighted by atomic mass is 10.2. The van der Waals surface area contributed by atoms with E-state index in [-0.39, 0.29) is 11.4 Å². The standard InChI is InChI=1S/C13H15BrN4O2S/c1-15-13-16-7-11(8-17-13)21(19,20)18(2)9-10-5-3-4-6-12(10)14/h3-8H,9H2,1-2H3,(H,15,16,17). The van der Waals surface area contributed by atoms with Gasteiger partial charge in [0.1, 0.15) is 4.90 Å². The third kappa shape index (κ3) is 3.58. The summed E-state index contributed by atoms with van der Waals surface area (Å²) in [5.74, 6) is 0.377. The zero-order valence-corrected chi connectivity index (χ0v) is 14.0. The number of rotatable bonds is 5. The summed E-state index contributed by atoms with van der Waals surface area (Å²) in [7, 11) is -0.421.